The fraction of sp³-hybridized carbons (Fsp3) is 0.278. The molecule has 5 nitrogen and oxygen atoms in total. The lowest BCUT2D eigenvalue weighted by molar-refractivity contribution is -0.209. The molecule has 0 aliphatic rings. The predicted molar refractivity (Wildman–Crippen MR) is 88.6 cm³/mol. The number of para-hydroxylation sites is 3. The summed E-state index contributed by atoms with van der Waals surface area (Å²) in [4.78, 5) is 4.29. The van der Waals surface area contributed by atoms with E-state index < -0.39 is 19.1 Å². The van der Waals surface area contributed by atoms with Crippen LogP contribution in [-0.4, -0.2) is 30.6 Å². The first kappa shape index (κ1) is 18.2. The zero-order valence-corrected chi connectivity index (χ0v) is 13.7. The summed E-state index contributed by atoms with van der Waals surface area (Å²) >= 11 is 0. The van der Waals surface area contributed by atoms with Crippen LogP contribution in [0.25, 0.3) is 11.1 Å². The van der Waals surface area contributed by atoms with Gasteiger partial charge in [-0.15, -0.1) is 0 Å². The van der Waals surface area contributed by atoms with Crippen LogP contribution in [0.15, 0.2) is 59.0 Å². The third-order valence-electron chi connectivity index (χ3n) is 3.37. The second kappa shape index (κ2) is 8.20. The number of halogens is 3. The lowest BCUT2D eigenvalue weighted by Crippen LogP contribution is -2.36. The van der Waals surface area contributed by atoms with Gasteiger partial charge in [0.25, 0.3) is 0 Å². The van der Waals surface area contributed by atoms with Crippen molar-refractivity contribution < 1.29 is 27.1 Å². The van der Waals surface area contributed by atoms with Crippen molar-refractivity contribution in [1.29, 1.82) is 0 Å². The van der Waals surface area contributed by atoms with E-state index in [1.165, 1.54) is 0 Å². The highest BCUT2D eigenvalue weighted by atomic mass is 19.4. The van der Waals surface area contributed by atoms with E-state index in [0.29, 0.717) is 17.2 Å². The molecule has 0 amide bonds. The maximum Gasteiger partial charge on any atom is 0.411 e. The summed E-state index contributed by atoms with van der Waals surface area (Å²) in [6.07, 6.45) is -5.54. The van der Waals surface area contributed by atoms with Crippen molar-refractivity contribution in [2.24, 2.45) is 0 Å². The summed E-state index contributed by atoms with van der Waals surface area (Å²) in [6.45, 7) is -1.13. The molecule has 2 aromatic carbocycles. The van der Waals surface area contributed by atoms with Gasteiger partial charge >= 0.3 is 6.18 Å². The summed E-state index contributed by atoms with van der Waals surface area (Å²) in [6, 6.07) is 15.8. The Hall–Kier alpha value is -2.58. The Labute approximate surface area is 147 Å². The summed E-state index contributed by atoms with van der Waals surface area (Å²) in [7, 11) is 0. The van der Waals surface area contributed by atoms with Crippen molar-refractivity contribution in [3.05, 3.63) is 60.5 Å². The Morgan fingerprint density at radius 3 is 2.50 bits per heavy atom. The van der Waals surface area contributed by atoms with E-state index in [-0.39, 0.29) is 13.1 Å². The number of nitrogens with zero attached hydrogens (tertiary/aromatic N) is 1. The molecule has 3 rings (SSSR count). The molecule has 0 aliphatic heterocycles. The van der Waals surface area contributed by atoms with Gasteiger partial charge in [-0.05, 0) is 24.3 Å². The van der Waals surface area contributed by atoms with E-state index in [1.807, 2.05) is 18.2 Å². The van der Waals surface area contributed by atoms with Gasteiger partial charge in [-0.1, -0.05) is 30.3 Å². The van der Waals surface area contributed by atoms with Crippen molar-refractivity contribution in [2.45, 2.75) is 19.0 Å². The van der Waals surface area contributed by atoms with Crippen LogP contribution in [0.2, 0.25) is 0 Å². The minimum Gasteiger partial charge on any atom is -0.464 e. The molecular formula is C18H17F3N2O3. The first-order valence-electron chi connectivity index (χ1n) is 7.95. The van der Waals surface area contributed by atoms with Gasteiger partial charge in [0.1, 0.15) is 17.9 Å². The number of oxazole rings is 1. The quantitative estimate of drug-likeness (QED) is 0.613. The van der Waals surface area contributed by atoms with Gasteiger partial charge in [0.15, 0.2) is 5.58 Å². The normalized spacial score (nSPS) is 13.0. The molecule has 0 saturated carbocycles. The van der Waals surface area contributed by atoms with Crippen LogP contribution in [0.4, 0.5) is 13.2 Å². The van der Waals surface area contributed by atoms with Crippen molar-refractivity contribution in [1.82, 2.24) is 10.3 Å². The predicted octanol–water partition coefficient (Wildman–Crippen LogP) is 3.90. The fourth-order valence-corrected chi connectivity index (χ4v) is 2.27. The van der Waals surface area contributed by atoms with Crippen LogP contribution >= 0.6 is 0 Å². The van der Waals surface area contributed by atoms with Crippen molar-refractivity contribution >= 4 is 11.1 Å². The molecule has 0 bridgehead atoms. The standard InChI is InChI=1S/C18H17F3N2O3/c19-18(20,21)12-24-17(25-13-6-2-1-3-7-13)11-22-10-16-23-14-8-4-5-9-15(14)26-16/h1-9,17,22H,10-12H2/t17-/m0/s1. The molecule has 26 heavy (non-hydrogen) atoms. The zero-order chi connectivity index (χ0) is 18.4. The maximum absolute atomic E-state index is 12.4. The van der Waals surface area contributed by atoms with Gasteiger partial charge in [0, 0.05) is 0 Å². The molecule has 1 heterocycles. The highest BCUT2D eigenvalue weighted by Crippen LogP contribution is 2.18. The second-order valence-electron chi connectivity index (χ2n) is 5.49. The Morgan fingerprint density at radius 1 is 1.04 bits per heavy atom. The number of hydrogen-bond acceptors (Lipinski definition) is 5. The molecule has 3 aromatic rings. The lowest BCUT2D eigenvalue weighted by Gasteiger charge is -2.20. The van der Waals surface area contributed by atoms with Crippen LogP contribution in [0, 0.1) is 0 Å². The Bertz CT molecular complexity index is 788. The van der Waals surface area contributed by atoms with E-state index in [0.717, 1.165) is 5.52 Å². The number of benzene rings is 2. The summed E-state index contributed by atoms with van der Waals surface area (Å²) in [5.74, 6) is 0.851. The van der Waals surface area contributed by atoms with Crippen LogP contribution < -0.4 is 10.1 Å². The Morgan fingerprint density at radius 2 is 1.77 bits per heavy atom. The molecule has 0 fully saturated rings. The molecular weight excluding hydrogens is 349 g/mol. The molecule has 1 N–H and O–H groups in total. The lowest BCUT2D eigenvalue weighted by atomic mass is 10.3. The van der Waals surface area contributed by atoms with Gasteiger partial charge in [-0.2, -0.15) is 13.2 Å². The SMILES string of the molecule is FC(F)(F)CO[C@H](CNCc1nc2ccccc2o1)Oc1ccccc1. The van der Waals surface area contributed by atoms with Gasteiger partial charge in [-0.3, -0.25) is 0 Å². The first-order chi connectivity index (χ1) is 12.5. The minimum absolute atomic E-state index is 0.0314. The van der Waals surface area contributed by atoms with E-state index in [1.54, 1.807) is 36.4 Å². The summed E-state index contributed by atoms with van der Waals surface area (Å²) in [5, 5.41) is 2.95. The number of nitrogens with one attached hydrogen (secondary N) is 1. The maximum atomic E-state index is 12.4. The number of ether oxygens (including phenoxy) is 2. The largest absolute Gasteiger partial charge is 0.464 e. The Balaban J connectivity index is 1.57. The molecule has 8 heteroatoms. The third kappa shape index (κ3) is 5.47. The van der Waals surface area contributed by atoms with Crippen molar-refractivity contribution in [3.8, 4) is 5.75 Å². The van der Waals surface area contributed by atoms with E-state index in [9.17, 15) is 13.2 Å². The van der Waals surface area contributed by atoms with Gasteiger partial charge in [0.2, 0.25) is 12.2 Å². The molecule has 0 unspecified atom stereocenters. The van der Waals surface area contributed by atoms with Crippen molar-refractivity contribution in [2.75, 3.05) is 13.2 Å². The summed E-state index contributed by atoms with van der Waals surface area (Å²) in [5.41, 5.74) is 1.37. The Kier molecular flexibility index (Phi) is 5.75. The zero-order valence-electron chi connectivity index (χ0n) is 13.7. The number of alkyl halides is 3. The average Bonchev–Trinajstić information content (AvgIpc) is 3.02. The number of hydrogen-bond donors (Lipinski definition) is 1. The molecule has 0 radical (unpaired) electrons. The second-order valence-corrected chi connectivity index (χ2v) is 5.49. The monoisotopic (exact) mass is 366 g/mol. The summed E-state index contributed by atoms with van der Waals surface area (Å²) < 4.78 is 53.2. The molecule has 0 saturated heterocycles. The van der Waals surface area contributed by atoms with Crippen LogP contribution in [0.3, 0.4) is 0 Å². The molecule has 1 aromatic heterocycles. The molecule has 138 valence electrons. The van der Waals surface area contributed by atoms with Gasteiger partial charge in [0.05, 0.1) is 13.1 Å². The third-order valence-corrected chi connectivity index (χ3v) is 3.37. The number of fused-ring (bicyclic) bond motifs is 1. The molecule has 0 aliphatic carbocycles. The highest BCUT2D eigenvalue weighted by Gasteiger charge is 2.29. The first-order valence-corrected chi connectivity index (χ1v) is 7.95. The van der Waals surface area contributed by atoms with Crippen LogP contribution in [0.5, 0.6) is 5.75 Å². The topological polar surface area (TPSA) is 56.5 Å². The van der Waals surface area contributed by atoms with Gasteiger partial charge < -0.3 is 19.2 Å². The molecule has 0 spiro atoms. The van der Waals surface area contributed by atoms with Crippen molar-refractivity contribution in [3.63, 3.8) is 0 Å². The number of aromatic nitrogens is 1. The molecule has 1 atom stereocenters. The highest BCUT2D eigenvalue weighted by molar-refractivity contribution is 5.72. The van der Waals surface area contributed by atoms with E-state index >= 15 is 0 Å². The van der Waals surface area contributed by atoms with Crippen LogP contribution in [0.1, 0.15) is 5.89 Å². The van der Waals surface area contributed by atoms with Crippen LogP contribution in [-0.2, 0) is 11.3 Å². The minimum atomic E-state index is -4.43. The average molecular weight is 366 g/mol. The van der Waals surface area contributed by atoms with E-state index in [4.69, 9.17) is 13.9 Å². The number of rotatable bonds is 8. The van der Waals surface area contributed by atoms with E-state index in [2.05, 4.69) is 10.3 Å². The fourth-order valence-electron chi connectivity index (χ4n) is 2.27. The smallest absolute Gasteiger partial charge is 0.411 e. The van der Waals surface area contributed by atoms with Gasteiger partial charge in [-0.25, -0.2) is 4.98 Å².